The fourth-order valence-electron chi connectivity index (χ4n) is 1.91. The number of ether oxygens (including phenoxy) is 2. The lowest BCUT2D eigenvalue weighted by atomic mass is 10.1. The molecule has 1 aromatic carbocycles. The van der Waals surface area contributed by atoms with Crippen molar-refractivity contribution < 1.29 is 14.3 Å². The van der Waals surface area contributed by atoms with Gasteiger partial charge in [-0.25, -0.2) is 0 Å². The minimum absolute atomic E-state index is 0.218. The summed E-state index contributed by atoms with van der Waals surface area (Å²) in [5.41, 5.74) is 2.34. The standard InChI is InChI=1S/C15H23NO3/c1-11-8-14(18-4)15(19-5)9-13(11)10-16(3)7-6-12(2)17/h8-9H,6-7,10H2,1-5H3. The summed E-state index contributed by atoms with van der Waals surface area (Å²) in [4.78, 5) is 13.1. The summed E-state index contributed by atoms with van der Waals surface area (Å²) in [7, 11) is 5.28. The number of carbonyl (C=O) groups is 1. The normalized spacial score (nSPS) is 10.6. The fraction of sp³-hybridized carbons (Fsp3) is 0.533. The molecule has 0 aliphatic rings. The summed E-state index contributed by atoms with van der Waals surface area (Å²) >= 11 is 0. The first kappa shape index (κ1) is 15.5. The molecule has 0 N–H and O–H groups in total. The minimum atomic E-state index is 0.218. The third-order valence-corrected chi connectivity index (χ3v) is 3.13. The molecule has 0 unspecified atom stereocenters. The Morgan fingerprint density at radius 1 is 1.21 bits per heavy atom. The number of benzene rings is 1. The van der Waals surface area contributed by atoms with E-state index in [2.05, 4.69) is 11.8 Å². The Hall–Kier alpha value is -1.55. The number of rotatable bonds is 7. The predicted octanol–water partition coefficient (Wildman–Crippen LogP) is 2.42. The van der Waals surface area contributed by atoms with Gasteiger partial charge in [-0.05, 0) is 44.2 Å². The maximum Gasteiger partial charge on any atom is 0.161 e. The number of nitrogens with zero attached hydrogens (tertiary/aromatic N) is 1. The lowest BCUT2D eigenvalue weighted by molar-refractivity contribution is -0.117. The van der Waals surface area contributed by atoms with Gasteiger partial charge in [0.25, 0.3) is 0 Å². The zero-order valence-corrected chi connectivity index (χ0v) is 12.4. The van der Waals surface area contributed by atoms with Crippen molar-refractivity contribution >= 4 is 5.78 Å². The Kier molecular flexibility index (Phi) is 5.83. The Bertz CT molecular complexity index is 443. The minimum Gasteiger partial charge on any atom is -0.493 e. The third-order valence-electron chi connectivity index (χ3n) is 3.13. The molecule has 19 heavy (non-hydrogen) atoms. The molecule has 4 nitrogen and oxygen atoms in total. The smallest absolute Gasteiger partial charge is 0.161 e. The van der Waals surface area contributed by atoms with Gasteiger partial charge in [-0.3, -0.25) is 4.79 Å². The van der Waals surface area contributed by atoms with Crippen LogP contribution < -0.4 is 9.47 Å². The molecule has 0 aromatic heterocycles. The van der Waals surface area contributed by atoms with Crippen LogP contribution in [0.2, 0.25) is 0 Å². The van der Waals surface area contributed by atoms with E-state index in [0.717, 1.165) is 30.2 Å². The average Bonchev–Trinajstić information content (AvgIpc) is 2.38. The van der Waals surface area contributed by atoms with Crippen LogP contribution >= 0.6 is 0 Å². The SMILES string of the molecule is COc1cc(C)c(CN(C)CCC(C)=O)cc1OC. The second-order valence-electron chi connectivity index (χ2n) is 4.82. The van der Waals surface area contributed by atoms with Crippen molar-refractivity contribution in [3.63, 3.8) is 0 Å². The summed E-state index contributed by atoms with van der Waals surface area (Å²) in [5, 5.41) is 0. The highest BCUT2D eigenvalue weighted by molar-refractivity contribution is 5.75. The van der Waals surface area contributed by atoms with Gasteiger partial charge < -0.3 is 14.4 Å². The second-order valence-corrected chi connectivity index (χ2v) is 4.82. The van der Waals surface area contributed by atoms with Crippen molar-refractivity contribution in [2.75, 3.05) is 27.8 Å². The highest BCUT2D eigenvalue weighted by Gasteiger charge is 2.10. The maximum atomic E-state index is 11.0. The van der Waals surface area contributed by atoms with Gasteiger partial charge in [0.2, 0.25) is 0 Å². The molecule has 0 fully saturated rings. The van der Waals surface area contributed by atoms with Crippen LogP contribution in [0.25, 0.3) is 0 Å². The molecule has 0 amide bonds. The van der Waals surface area contributed by atoms with E-state index in [0.29, 0.717) is 6.42 Å². The van der Waals surface area contributed by atoms with Crippen LogP contribution in [0, 0.1) is 6.92 Å². The molecule has 0 atom stereocenters. The van der Waals surface area contributed by atoms with E-state index < -0.39 is 0 Å². The molecule has 0 spiro atoms. The van der Waals surface area contributed by atoms with Crippen LogP contribution in [0.5, 0.6) is 11.5 Å². The van der Waals surface area contributed by atoms with Gasteiger partial charge in [0.05, 0.1) is 14.2 Å². The third kappa shape index (κ3) is 4.56. The van der Waals surface area contributed by atoms with Gasteiger partial charge in [-0.2, -0.15) is 0 Å². The first-order chi connectivity index (χ1) is 8.97. The van der Waals surface area contributed by atoms with Crippen LogP contribution in [0.1, 0.15) is 24.5 Å². The molecular weight excluding hydrogens is 242 g/mol. The zero-order valence-electron chi connectivity index (χ0n) is 12.4. The molecule has 1 aromatic rings. The summed E-state index contributed by atoms with van der Waals surface area (Å²) < 4.78 is 10.6. The number of aryl methyl sites for hydroxylation is 1. The van der Waals surface area contributed by atoms with Crippen LogP contribution in [-0.4, -0.2) is 38.5 Å². The number of carbonyl (C=O) groups excluding carboxylic acids is 1. The highest BCUT2D eigenvalue weighted by Crippen LogP contribution is 2.30. The van der Waals surface area contributed by atoms with Crippen LogP contribution in [0.15, 0.2) is 12.1 Å². The van der Waals surface area contributed by atoms with Crippen LogP contribution in [0.4, 0.5) is 0 Å². The van der Waals surface area contributed by atoms with E-state index in [1.165, 1.54) is 5.56 Å². The Balaban J connectivity index is 2.80. The first-order valence-electron chi connectivity index (χ1n) is 6.37. The summed E-state index contributed by atoms with van der Waals surface area (Å²) in [5.74, 6) is 1.70. The Morgan fingerprint density at radius 2 is 1.79 bits per heavy atom. The highest BCUT2D eigenvalue weighted by atomic mass is 16.5. The Morgan fingerprint density at radius 3 is 2.32 bits per heavy atom. The number of ketones is 1. The van der Waals surface area contributed by atoms with E-state index >= 15 is 0 Å². The monoisotopic (exact) mass is 265 g/mol. The largest absolute Gasteiger partial charge is 0.493 e. The van der Waals surface area contributed by atoms with E-state index in [1.807, 2.05) is 19.2 Å². The van der Waals surface area contributed by atoms with E-state index in [1.54, 1.807) is 21.1 Å². The Labute approximate surface area is 115 Å². The average molecular weight is 265 g/mol. The van der Waals surface area contributed by atoms with Gasteiger partial charge in [-0.1, -0.05) is 0 Å². The summed E-state index contributed by atoms with van der Waals surface area (Å²) in [6, 6.07) is 3.98. The molecule has 106 valence electrons. The van der Waals surface area contributed by atoms with Gasteiger partial charge in [0, 0.05) is 19.5 Å². The number of methoxy groups -OCH3 is 2. The van der Waals surface area contributed by atoms with Crippen molar-refractivity contribution in [2.45, 2.75) is 26.8 Å². The predicted molar refractivity (Wildman–Crippen MR) is 75.9 cm³/mol. The second kappa shape index (κ2) is 7.14. The first-order valence-corrected chi connectivity index (χ1v) is 6.37. The topological polar surface area (TPSA) is 38.8 Å². The molecular formula is C15H23NO3. The molecule has 4 heteroatoms. The van der Waals surface area contributed by atoms with Crippen molar-refractivity contribution in [3.05, 3.63) is 23.3 Å². The maximum absolute atomic E-state index is 11.0. The van der Waals surface area contributed by atoms with Gasteiger partial charge in [0.1, 0.15) is 5.78 Å². The van der Waals surface area contributed by atoms with Crippen LogP contribution in [0.3, 0.4) is 0 Å². The van der Waals surface area contributed by atoms with Crippen LogP contribution in [-0.2, 0) is 11.3 Å². The fourth-order valence-corrected chi connectivity index (χ4v) is 1.91. The van der Waals surface area contributed by atoms with Crippen molar-refractivity contribution in [2.24, 2.45) is 0 Å². The summed E-state index contributed by atoms with van der Waals surface area (Å²) in [6.45, 7) is 5.23. The number of hydrogen-bond donors (Lipinski definition) is 0. The number of hydrogen-bond acceptors (Lipinski definition) is 4. The number of Topliss-reactive ketones (excluding diaryl/α,β-unsaturated/α-hetero) is 1. The van der Waals surface area contributed by atoms with Gasteiger partial charge >= 0.3 is 0 Å². The molecule has 0 aliphatic heterocycles. The van der Waals surface area contributed by atoms with Gasteiger partial charge in [0.15, 0.2) is 11.5 Å². The molecule has 0 aliphatic carbocycles. The zero-order chi connectivity index (χ0) is 14.4. The molecule has 1 rings (SSSR count). The quantitative estimate of drug-likeness (QED) is 0.759. The van der Waals surface area contributed by atoms with Gasteiger partial charge in [-0.15, -0.1) is 0 Å². The molecule has 0 radical (unpaired) electrons. The van der Waals surface area contributed by atoms with Crippen molar-refractivity contribution in [3.8, 4) is 11.5 Å². The summed E-state index contributed by atoms with van der Waals surface area (Å²) in [6.07, 6.45) is 0.586. The lowest BCUT2D eigenvalue weighted by Gasteiger charge is -2.19. The van der Waals surface area contributed by atoms with E-state index in [-0.39, 0.29) is 5.78 Å². The molecule has 0 saturated carbocycles. The van der Waals surface area contributed by atoms with E-state index in [9.17, 15) is 4.79 Å². The van der Waals surface area contributed by atoms with Crippen molar-refractivity contribution in [1.29, 1.82) is 0 Å². The van der Waals surface area contributed by atoms with E-state index in [4.69, 9.17) is 9.47 Å². The van der Waals surface area contributed by atoms with Crippen molar-refractivity contribution in [1.82, 2.24) is 4.90 Å². The lowest BCUT2D eigenvalue weighted by Crippen LogP contribution is -2.21. The molecule has 0 saturated heterocycles. The molecule has 0 bridgehead atoms. The molecule has 0 heterocycles.